The summed E-state index contributed by atoms with van der Waals surface area (Å²) in [5, 5.41) is 13.5. The first kappa shape index (κ1) is 12.6. The van der Waals surface area contributed by atoms with Gasteiger partial charge in [0, 0.05) is 19.2 Å². The number of nitro groups is 1. The third-order valence-corrected chi connectivity index (χ3v) is 2.48. The SMILES string of the molecule is O=[N+]([O-])c1cc(OC2CNC2)cc(C(F)(F)F)c1. The molecule has 0 unspecified atom stereocenters. The van der Waals surface area contributed by atoms with Crippen molar-refractivity contribution in [3.05, 3.63) is 33.9 Å². The van der Waals surface area contributed by atoms with Crippen molar-refractivity contribution >= 4 is 5.69 Å². The molecule has 0 amide bonds. The van der Waals surface area contributed by atoms with Crippen molar-refractivity contribution in [1.29, 1.82) is 0 Å². The molecule has 0 radical (unpaired) electrons. The minimum atomic E-state index is -4.64. The molecular formula is C10H9F3N2O3. The van der Waals surface area contributed by atoms with Crippen molar-refractivity contribution in [2.45, 2.75) is 12.3 Å². The normalized spacial score (nSPS) is 16.2. The average Bonchev–Trinajstić information content (AvgIpc) is 2.22. The predicted molar refractivity (Wildman–Crippen MR) is 55.4 cm³/mol. The van der Waals surface area contributed by atoms with Crippen LogP contribution in [0, 0.1) is 10.1 Å². The van der Waals surface area contributed by atoms with Crippen molar-refractivity contribution < 1.29 is 22.8 Å². The minimum Gasteiger partial charge on any atom is -0.487 e. The minimum absolute atomic E-state index is 0.136. The Balaban J connectivity index is 2.32. The average molecular weight is 262 g/mol. The number of rotatable bonds is 3. The van der Waals surface area contributed by atoms with Gasteiger partial charge in [-0.15, -0.1) is 0 Å². The number of ether oxygens (including phenoxy) is 1. The van der Waals surface area contributed by atoms with Crippen LogP contribution >= 0.6 is 0 Å². The molecule has 0 aliphatic carbocycles. The third kappa shape index (κ3) is 2.70. The smallest absolute Gasteiger partial charge is 0.416 e. The molecule has 1 aromatic carbocycles. The zero-order chi connectivity index (χ0) is 13.3. The van der Waals surface area contributed by atoms with Gasteiger partial charge < -0.3 is 10.1 Å². The van der Waals surface area contributed by atoms with E-state index in [4.69, 9.17) is 4.74 Å². The monoisotopic (exact) mass is 262 g/mol. The first-order valence-electron chi connectivity index (χ1n) is 5.10. The number of hydrogen-bond donors (Lipinski definition) is 1. The number of benzene rings is 1. The molecule has 1 aliphatic heterocycles. The first-order chi connectivity index (χ1) is 8.36. The summed E-state index contributed by atoms with van der Waals surface area (Å²) in [6, 6.07) is 2.25. The van der Waals surface area contributed by atoms with Gasteiger partial charge in [-0.25, -0.2) is 0 Å². The zero-order valence-corrected chi connectivity index (χ0v) is 9.03. The van der Waals surface area contributed by atoms with E-state index in [-0.39, 0.29) is 11.9 Å². The Morgan fingerprint density at radius 1 is 1.33 bits per heavy atom. The molecule has 0 aromatic heterocycles. The molecular weight excluding hydrogens is 253 g/mol. The molecule has 1 heterocycles. The Morgan fingerprint density at radius 2 is 2.00 bits per heavy atom. The van der Waals surface area contributed by atoms with Gasteiger partial charge in [-0.1, -0.05) is 0 Å². The molecule has 0 saturated carbocycles. The van der Waals surface area contributed by atoms with Crippen molar-refractivity contribution in [2.75, 3.05) is 13.1 Å². The quantitative estimate of drug-likeness (QED) is 0.668. The lowest BCUT2D eigenvalue weighted by Gasteiger charge is -2.27. The van der Waals surface area contributed by atoms with Crippen LogP contribution in [0.4, 0.5) is 18.9 Å². The highest BCUT2D eigenvalue weighted by atomic mass is 19.4. The number of nitrogens with zero attached hydrogens (tertiary/aromatic N) is 1. The van der Waals surface area contributed by atoms with Gasteiger partial charge in [-0.3, -0.25) is 10.1 Å². The van der Waals surface area contributed by atoms with Crippen molar-refractivity contribution in [3.63, 3.8) is 0 Å². The maximum Gasteiger partial charge on any atom is 0.416 e. The van der Waals surface area contributed by atoms with Gasteiger partial charge in [0.15, 0.2) is 0 Å². The van der Waals surface area contributed by atoms with E-state index in [1.807, 2.05) is 0 Å². The highest BCUT2D eigenvalue weighted by Crippen LogP contribution is 2.35. The van der Waals surface area contributed by atoms with Gasteiger partial charge in [0.1, 0.15) is 11.9 Å². The Labute approximate surface area is 99.7 Å². The van der Waals surface area contributed by atoms with E-state index >= 15 is 0 Å². The standard InChI is InChI=1S/C10H9F3N2O3/c11-10(12,13)6-1-7(15(16)17)3-8(2-6)18-9-4-14-5-9/h1-3,9,14H,4-5H2. The molecule has 5 nitrogen and oxygen atoms in total. The van der Waals surface area contributed by atoms with Crippen molar-refractivity contribution in [3.8, 4) is 5.75 Å². The van der Waals surface area contributed by atoms with Crippen LogP contribution in [0.3, 0.4) is 0 Å². The van der Waals surface area contributed by atoms with E-state index < -0.39 is 22.4 Å². The second kappa shape index (κ2) is 4.45. The summed E-state index contributed by atoms with van der Waals surface area (Å²) in [6.07, 6.45) is -4.88. The Kier molecular flexibility index (Phi) is 3.12. The van der Waals surface area contributed by atoms with Gasteiger partial charge in [0.05, 0.1) is 16.6 Å². The Bertz CT molecular complexity index is 472. The van der Waals surface area contributed by atoms with Crippen LogP contribution in [0.2, 0.25) is 0 Å². The number of hydrogen-bond acceptors (Lipinski definition) is 4. The van der Waals surface area contributed by atoms with Gasteiger partial charge >= 0.3 is 6.18 Å². The molecule has 0 atom stereocenters. The second-order valence-corrected chi connectivity index (χ2v) is 3.87. The molecule has 98 valence electrons. The lowest BCUT2D eigenvalue weighted by molar-refractivity contribution is -0.385. The van der Waals surface area contributed by atoms with Crippen LogP contribution in [0.25, 0.3) is 0 Å². The highest BCUT2D eigenvalue weighted by Gasteiger charge is 2.33. The van der Waals surface area contributed by atoms with Crippen LogP contribution in [-0.2, 0) is 6.18 Å². The molecule has 8 heteroatoms. The summed E-state index contributed by atoms with van der Waals surface area (Å²) >= 11 is 0. The third-order valence-electron chi connectivity index (χ3n) is 2.48. The van der Waals surface area contributed by atoms with Crippen LogP contribution in [0.15, 0.2) is 18.2 Å². The summed E-state index contributed by atoms with van der Waals surface area (Å²) in [5.74, 6) is -0.136. The summed E-state index contributed by atoms with van der Waals surface area (Å²) < 4.78 is 42.9. The van der Waals surface area contributed by atoms with E-state index in [1.54, 1.807) is 0 Å². The van der Waals surface area contributed by atoms with Crippen LogP contribution in [-0.4, -0.2) is 24.1 Å². The number of nitrogens with one attached hydrogen (secondary N) is 1. The number of alkyl halides is 3. The fourth-order valence-corrected chi connectivity index (χ4v) is 1.46. The molecule has 1 aliphatic rings. The molecule has 18 heavy (non-hydrogen) atoms. The lowest BCUT2D eigenvalue weighted by Crippen LogP contribution is -2.50. The molecule has 0 bridgehead atoms. The summed E-state index contributed by atoms with van der Waals surface area (Å²) in [5.41, 5.74) is -1.72. The van der Waals surface area contributed by atoms with E-state index in [1.165, 1.54) is 0 Å². The molecule has 1 fully saturated rings. The predicted octanol–water partition coefficient (Wildman–Crippen LogP) is 1.96. The van der Waals surface area contributed by atoms with Gasteiger partial charge in [0.2, 0.25) is 0 Å². The summed E-state index contributed by atoms with van der Waals surface area (Å²) in [7, 11) is 0. The van der Waals surface area contributed by atoms with E-state index in [0.717, 1.165) is 12.1 Å². The van der Waals surface area contributed by atoms with Gasteiger partial charge in [-0.05, 0) is 6.07 Å². The van der Waals surface area contributed by atoms with E-state index in [0.29, 0.717) is 19.2 Å². The number of nitro benzene ring substituents is 1. The largest absolute Gasteiger partial charge is 0.487 e. The van der Waals surface area contributed by atoms with Crippen molar-refractivity contribution in [2.24, 2.45) is 0 Å². The van der Waals surface area contributed by atoms with Crippen LogP contribution in [0.5, 0.6) is 5.75 Å². The fraction of sp³-hybridized carbons (Fsp3) is 0.400. The molecule has 1 saturated heterocycles. The molecule has 0 spiro atoms. The highest BCUT2D eigenvalue weighted by molar-refractivity contribution is 5.44. The Morgan fingerprint density at radius 3 is 2.44 bits per heavy atom. The number of halogens is 3. The summed E-state index contributed by atoms with van der Waals surface area (Å²) in [6.45, 7) is 1.04. The maximum absolute atomic E-state index is 12.6. The fourth-order valence-electron chi connectivity index (χ4n) is 1.46. The summed E-state index contributed by atoms with van der Waals surface area (Å²) in [4.78, 5) is 9.70. The molecule has 1 N–H and O–H groups in total. The first-order valence-corrected chi connectivity index (χ1v) is 5.10. The van der Waals surface area contributed by atoms with Crippen LogP contribution in [0.1, 0.15) is 5.56 Å². The van der Waals surface area contributed by atoms with E-state index in [2.05, 4.69) is 5.32 Å². The number of non-ortho nitro benzene ring substituents is 1. The maximum atomic E-state index is 12.6. The molecule has 2 rings (SSSR count). The zero-order valence-electron chi connectivity index (χ0n) is 9.03. The Hall–Kier alpha value is -1.83. The van der Waals surface area contributed by atoms with Crippen molar-refractivity contribution in [1.82, 2.24) is 5.32 Å². The van der Waals surface area contributed by atoms with Crippen LogP contribution < -0.4 is 10.1 Å². The lowest BCUT2D eigenvalue weighted by atomic mass is 10.1. The van der Waals surface area contributed by atoms with E-state index in [9.17, 15) is 23.3 Å². The van der Waals surface area contributed by atoms with Gasteiger partial charge in [0.25, 0.3) is 5.69 Å². The van der Waals surface area contributed by atoms with Gasteiger partial charge in [-0.2, -0.15) is 13.2 Å². The molecule has 1 aromatic rings. The second-order valence-electron chi connectivity index (χ2n) is 3.87. The topological polar surface area (TPSA) is 64.4 Å².